The third kappa shape index (κ3) is 3.25. The zero-order valence-electron chi connectivity index (χ0n) is 16.2. The fraction of sp³-hybridized carbons (Fsp3) is 0.381. The van der Waals surface area contributed by atoms with Crippen LogP contribution < -0.4 is 0 Å². The van der Waals surface area contributed by atoms with Crippen molar-refractivity contribution in [3.8, 4) is 5.69 Å². The van der Waals surface area contributed by atoms with Crippen LogP contribution >= 0.6 is 11.8 Å². The number of ether oxygens (including phenoxy) is 1. The topological polar surface area (TPSA) is 68.6 Å². The van der Waals surface area contributed by atoms with E-state index in [1.165, 1.54) is 23.9 Å². The molecule has 1 aromatic carbocycles. The van der Waals surface area contributed by atoms with Gasteiger partial charge >= 0.3 is 5.97 Å². The van der Waals surface area contributed by atoms with Crippen LogP contribution in [0.5, 0.6) is 0 Å². The van der Waals surface area contributed by atoms with Gasteiger partial charge in [0.1, 0.15) is 5.82 Å². The van der Waals surface area contributed by atoms with Crippen LogP contribution in [-0.4, -0.2) is 50.9 Å². The number of carbonyl (C=O) groups is 3. The largest absolute Gasteiger partial charge is 0.455 e. The molecule has 0 N–H and O–H groups in total. The third-order valence-electron chi connectivity index (χ3n) is 5.52. The van der Waals surface area contributed by atoms with Crippen molar-refractivity contribution in [3.05, 3.63) is 53.1 Å². The summed E-state index contributed by atoms with van der Waals surface area (Å²) in [5.41, 5.74) is 2.48. The molecule has 0 aliphatic carbocycles. The number of halogens is 1. The van der Waals surface area contributed by atoms with E-state index >= 15 is 0 Å². The summed E-state index contributed by atoms with van der Waals surface area (Å²) in [6.07, 6.45) is 0.739. The summed E-state index contributed by atoms with van der Waals surface area (Å²) in [6, 6.07) is 7.85. The van der Waals surface area contributed by atoms with E-state index in [-0.39, 0.29) is 17.5 Å². The number of amides is 1. The molecule has 6 nitrogen and oxygen atoms in total. The molecular formula is C21H21FN2O4S. The van der Waals surface area contributed by atoms with Gasteiger partial charge in [-0.15, -0.1) is 11.8 Å². The highest BCUT2D eigenvalue weighted by Crippen LogP contribution is 2.45. The van der Waals surface area contributed by atoms with Crippen molar-refractivity contribution in [2.75, 3.05) is 18.9 Å². The Morgan fingerprint density at radius 2 is 2.07 bits per heavy atom. The lowest BCUT2D eigenvalue weighted by Crippen LogP contribution is -2.46. The number of hydrogen-bond donors (Lipinski definition) is 0. The first kappa shape index (κ1) is 19.7. The van der Waals surface area contributed by atoms with E-state index in [9.17, 15) is 18.8 Å². The van der Waals surface area contributed by atoms with Gasteiger partial charge in [0.15, 0.2) is 11.5 Å². The van der Waals surface area contributed by atoms with E-state index in [2.05, 4.69) is 0 Å². The van der Waals surface area contributed by atoms with Crippen molar-refractivity contribution in [3.63, 3.8) is 0 Å². The van der Waals surface area contributed by atoms with Crippen LogP contribution in [-0.2, 0) is 14.3 Å². The van der Waals surface area contributed by atoms with Gasteiger partial charge < -0.3 is 14.2 Å². The van der Waals surface area contributed by atoms with E-state index in [1.807, 2.05) is 6.92 Å². The number of rotatable bonds is 5. The van der Waals surface area contributed by atoms with Crippen LogP contribution in [0.4, 0.5) is 4.39 Å². The van der Waals surface area contributed by atoms with Gasteiger partial charge in [-0.25, -0.2) is 9.18 Å². The molecule has 2 fully saturated rings. The first-order valence-electron chi connectivity index (χ1n) is 9.43. The maximum Gasteiger partial charge on any atom is 0.343 e. The number of hydrogen-bond acceptors (Lipinski definition) is 5. The Morgan fingerprint density at radius 3 is 2.83 bits per heavy atom. The van der Waals surface area contributed by atoms with Crippen LogP contribution in [0.3, 0.4) is 0 Å². The monoisotopic (exact) mass is 416 g/mol. The van der Waals surface area contributed by atoms with Gasteiger partial charge in [-0.1, -0.05) is 6.07 Å². The Hall–Kier alpha value is -2.61. The molecule has 29 heavy (non-hydrogen) atoms. The fourth-order valence-corrected chi connectivity index (χ4v) is 5.54. The molecule has 152 valence electrons. The van der Waals surface area contributed by atoms with Gasteiger partial charge in [0.25, 0.3) is 0 Å². The number of carbonyl (C=O) groups excluding carboxylic acids is 3. The van der Waals surface area contributed by atoms with Gasteiger partial charge in [0, 0.05) is 41.4 Å². The minimum absolute atomic E-state index is 0.0445. The molecule has 0 radical (unpaired) electrons. The SMILES string of the molecule is Cc1cc(C(=O)COC(=O)C23CCC(=O)N2CCS3)c(C)n1-c1cccc(F)c1. The number of nitrogens with zero attached hydrogens (tertiary/aromatic N) is 2. The number of thioether (sulfide) groups is 1. The van der Waals surface area contributed by atoms with Crippen molar-refractivity contribution in [2.24, 2.45) is 0 Å². The molecule has 0 spiro atoms. The van der Waals surface area contributed by atoms with E-state index in [0.29, 0.717) is 42.1 Å². The Labute approximate surface area is 172 Å². The second-order valence-corrected chi connectivity index (χ2v) is 8.65. The average Bonchev–Trinajstić information content (AvgIpc) is 3.34. The molecule has 1 amide bonds. The second-order valence-electron chi connectivity index (χ2n) is 7.28. The van der Waals surface area contributed by atoms with Gasteiger partial charge in [-0.3, -0.25) is 9.59 Å². The molecule has 2 saturated heterocycles. The minimum atomic E-state index is -0.976. The molecular weight excluding hydrogens is 395 g/mol. The van der Waals surface area contributed by atoms with Crippen molar-refractivity contribution in [1.29, 1.82) is 0 Å². The Balaban J connectivity index is 1.50. The first-order chi connectivity index (χ1) is 13.8. The third-order valence-corrected chi connectivity index (χ3v) is 6.98. The summed E-state index contributed by atoms with van der Waals surface area (Å²) in [7, 11) is 0. The van der Waals surface area contributed by atoms with Crippen LogP contribution in [0.15, 0.2) is 30.3 Å². The maximum atomic E-state index is 13.6. The number of aromatic nitrogens is 1. The number of ketones is 1. The lowest BCUT2D eigenvalue weighted by molar-refractivity contribution is -0.152. The molecule has 2 aliphatic rings. The number of fused-ring (bicyclic) bond motifs is 1. The molecule has 1 aromatic heterocycles. The molecule has 8 heteroatoms. The Morgan fingerprint density at radius 1 is 1.28 bits per heavy atom. The molecule has 3 heterocycles. The quantitative estimate of drug-likeness (QED) is 0.554. The lowest BCUT2D eigenvalue weighted by atomic mass is 10.1. The van der Waals surface area contributed by atoms with E-state index in [1.54, 1.807) is 34.6 Å². The molecule has 2 aliphatic heterocycles. The standard InChI is InChI=1S/C21H21FN2O4S/c1-13-10-17(14(2)24(13)16-5-3-4-15(22)11-16)18(25)12-28-20(27)21-7-6-19(26)23(21)8-9-29-21/h3-5,10-11H,6-9,12H2,1-2H3. The van der Waals surface area contributed by atoms with Gasteiger partial charge in [0.2, 0.25) is 11.7 Å². The van der Waals surface area contributed by atoms with Crippen molar-refractivity contribution in [1.82, 2.24) is 9.47 Å². The lowest BCUT2D eigenvalue weighted by Gasteiger charge is -2.28. The second kappa shape index (κ2) is 7.33. The number of aryl methyl sites for hydroxylation is 1. The van der Waals surface area contributed by atoms with Gasteiger partial charge in [-0.05, 0) is 44.5 Å². The van der Waals surface area contributed by atoms with Crippen molar-refractivity contribution < 1.29 is 23.5 Å². The highest BCUT2D eigenvalue weighted by Gasteiger charge is 2.56. The fourth-order valence-electron chi connectivity index (χ4n) is 4.16. The summed E-state index contributed by atoms with van der Waals surface area (Å²) in [5.74, 6) is -0.580. The summed E-state index contributed by atoms with van der Waals surface area (Å²) in [6.45, 7) is 3.74. The summed E-state index contributed by atoms with van der Waals surface area (Å²) in [5, 5.41) is 0. The van der Waals surface area contributed by atoms with Crippen molar-refractivity contribution >= 4 is 29.4 Å². The Kier molecular flexibility index (Phi) is 4.98. The van der Waals surface area contributed by atoms with Crippen LogP contribution in [0.2, 0.25) is 0 Å². The Bertz CT molecular complexity index is 1020. The summed E-state index contributed by atoms with van der Waals surface area (Å²) >= 11 is 1.41. The zero-order valence-corrected chi connectivity index (χ0v) is 17.1. The van der Waals surface area contributed by atoms with Crippen LogP contribution in [0.1, 0.15) is 34.6 Å². The predicted molar refractivity (Wildman–Crippen MR) is 107 cm³/mol. The predicted octanol–water partition coefficient (Wildman–Crippen LogP) is 3.02. The van der Waals surface area contributed by atoms with E-state index < -0.39 is 17.4 Å². The van der Waals surface area contributed by atoms with Gasteiger partial charge in [-0.2, -0.15) is 0 Å². The molecule has 1 unspecified atom stereocenters. The first-order valence-corrected chi connectivity index (χ1v) is 10.4. The number of benzene rings is 1. The van der Waals surface area contributed by atoms with Crippen molar-refractivity contribution in [2.45, 2.75) is 31.6 Å². The normalized spacial score (nSPS) is 20.8. The highest BCUT2D eigenvalue weighted by atomic mass is 32.2. The zero-order chi connectivity index (χ0) is 20.8. The summed E-state index contributed by atoms with van der Waals surface area (Å²) < 4.78 is 20.7. The van der Waals surface area contributed by atoms with Crippen LogP contribution in [0.25, 0.3) is 5.69 Å². The number of Topliss-reactive ketones (excluding diaryl/α,β-unsaturated/α-hetero) is 1. The molecule has 4 rings (SSSR count). The molecule has 2 aromatic rings. The number of esters is 1. The molecule has 1 atom stereocenters. The van der Waals surface area contributed by atoms with E-state index in [4.69, 9.17) is 4.74 Å². The van der Waals surface area contributed by atoms with E-state index in [0.717, 1.165) is 5.69 Å². The maximum absolute atomic E-state index is 13.6. The van der Waals surface area contributed by atoms with Gasteiger partial charge in [0.05, 0.1) is 0 Å². The smallest absolute Gasteiger partial charge is 0.343 e. The summed E-state index contributed by atoms with van der Waals surface area (Å²) in [4.78, 5) is 38.0. The molecule has 0 bridgehead atoms. The molecule has 0 saturated carbocycles. The average molecular weight is 416 g/mol. The highest BCUT2D eigenvalue weighted by molar-refractivity contribution is 8.01. The van der Waals surface area contributed by atoms with Crippen LogP contribution in [0, 0.1) is 19.7 Å². The minimum Gasteiger partial charge on any atom is -0.455 e.